The zero-order valence-corrected chi connectivity index (χ0v) is 32.2. The van der Waals surface area contributed by atoms with Crippen LogP contribution in [0, 0.1) is 18.3 Å². The number of rotatable bonds is 5. The molecule has 2 aliphatic carbocycles. The highest BCUT2D eigenvalue weighted by molar-refractivity contribution is 7.16. The summed E-state index contributed by atoms with van der Waals surface area (Å²) in [7, 11) is 4.10. The molecule has 16 heteroatoms. The number of aromatic nitrogens is 7. The molecule has 54 heavy (non-hydrogen) atoms. The third kappa shape index (κ3) is 5.33. The maximum atomic E-state index is 14.1. The summed E-state index contributed by atoms with van der Waals surface area (Å²) in [5.41, 5.74) is 10.6. The van der Waals surface area contributed by atoms with Crippen LogP contribution in [0.1, 0.15) is 97.8 Å². The number of nitrogen functional groups attached to an aromatic ring is 1. The molecule has 0 radical (unpaired) electrons. The summed E-state index contributed by atoms with van der Waals surface area (Å²) in [6.07, 6.45) is 10.5. The molecule has 3 aliphatic heterocycles. The third-order valence-electron chi connectivity index (χ3n) is 12.7. The Morgan fingerprint density at radius 3 is 2.67 bits per heavy atom. The second-order valence-electron chi connectivity index (χ2n) is 15.9. The molecule has 282 valence electrons. The van der Waals surface area contributed by atoms with Gasteiger partial charge in [-0.25, -0.2) is 9.78 Å². The Labute approximate surface area is 318 Å². The molecular weight excluding hydrogens is 705 g/mol. The fraction of sp³-hybridized carbons (Fsp3) is 0.579. The molecule has 0 aromatic carbocycles. The monoisotopic (exact) mass is 750 g/mol. The molecule has 2 N–H and O–H groups in total. The molecule has 15 nitrogen and oxygen atoms in total. The number of aryl methyl sites for hydroxylation is 3. The van der Waals surface area contributed by atoms with Gasteiger partial charge in [0.05, 0.1) is 29.8 Å². The van der Waals surface area contributed by atoms with Gasteiger partial charge in [0.1, 0.15) is 46.5 Å². The van der Waals surface area contributed by atoms with Crippen LogP contribution in [0.3, 0.4) is 0 Å². The first-order chi connectivity index (χ1) is 26.0. The highest BCUT2D eigenvalue weighted by Gasteiger charge is 2.53. The Hall–Kier alpha value is -4.88. The maximum Gasteiger partial charge on any atom is 0.346 e. The molecule has 9 rings (SSSR count). The van der Waals surface area contributed by atoms with Gasteiger partial charge >= 0.3 is 12.0 Å². The van der Waals surface area contributed by atoms with Crippen molar-refractivity contribution in [2.75, 3.05) is 37.3 Å². The van der Waals surface area contributed by atoms with Crippen molar-refractivity contribution in [3.63, 3.8) is 0 Å². The van der Waals surface area contributed by atoms with E-state index >= 15 is 0 Å². The van der Waals surface area contributed by atoms with E-state index in [1.165, 1.54) is 15.9 Å². The van der Waals surface area contributed by atoms with E-state index in [4.69, 9.17) is 25.5 Å². The zero-order chi connectivity index (χ0) is 37.5. The van der Waals surface area contributed by atoms with E-state index in [9.17, 15) is 14.9 Å². The van der Waals surface area contributed by atoms with Crippen molar-refractivity contribution < 1.29 is 14.3 Å². The first kappa shape index (κ1) is 34.9. The van der Waals surface area contributed by atoms with Crippen LogP contribution >= 0.6 is 11.3 Å². The first-order valence-electron chi connectivity index (χ1n) is 19.2. The van der Waals surface area contributed by atoms with Crippen LogP contribution in [0.2, 0.25) is 0 Å². The molecule has 2 spiro atoms. The number of likely N-dealkylation sites (N-methyl/N-ethyl adjacent to an activating group) is 1. The summed E-state index contributed by atoms with van der Waals surface area (Å²) in [6.45, 7) is 5.63. The molecule has 7 heterocycles. The summed E-state index contributed by atoms with van der Waals surface area (Å²) in [5.74, 6) is 0.831. The summed E-state index contributed by atoms with van der Waals surface area (Å²) in [6, 6.07) is 4.43. The van der Waals surface area contributed by atoms with Crippen molar-refractivity contribution in [2.45, 2.75) is 108 Å². The van der Waals surface area contributed by atoms with Crippen LogP contribution in [-0.2, 0) is 30.1 Å². The number of hydrogen-bond acceptors (Lipinski definition) is 12. The molecule has 0 saturated carbocycles. The van der Waals surface area contributed by atoms with Gasteiger partial charge in [0.25, 0.3) is 0 Å². The predicted molar refractivity (Wildman–Crippen MR) is 201 cm³/mol. The van der Waals surface area contributed by atoms with Crippen molar-refractivity contribution in [1.29, 1.82) is 5.26 Å². The van der Waals surface area contributed by atoms with Gasteiger partial charge in [0.2, 0.25) is 5.91 Å². The fourth-order valence-corrected chi connectivity index (χ4v) is 11.6. The van der Waals surface area contributed by atoms with Crippen LogP contribution in [-0.4, -0.2) is 101 Å². The smallest absolute Gasteiger partial charge is 0.346 e. The SMILES string of the molecule is Cc1ncn(C(=O)N2CCCC23CC(=O)N(c2cc(-c4nn(C)c5c4CCC[C@@]54CCCc5sc(N)c(C#N)c54)nc(O[C@@H](C)C4CCCN4C)n2)C3)n1. The van der Waals surface area contributed by atoms with Crippen LogP contribution in [0.4, 0.5) is 15.6 Å². The Bertz CT molecular complexity index is 2220. The molecule has 0 bridgehead atoms. The standard InChI is InChI=1S/C38H46N12O3S/c1-22(27-10-7-15-46(27)3)53-35-42-26(17-29(43-35)48-20-37(18-30(48)51)12-8-16-49(37)36(52)50-21-41-23(2)44-50)32-24-9-5-13-38(33(24)47(4)45-32)14-6-11-28-31(38)25(19-39)34(40)54-28/h17,21-22,27H,5-16,18,20,40H2,1-4H3/t22-,27?,37?,38-/m0/s1. The van der Waals surface area contributed by atoms with Gasteiger partial charge in [0, 0.05) is 41.6 Å². The van der Waals surface area contributed by atoms with Crippen LogP contribution in [0.5, 0.6) is 6.01 Å². The lowest BCUT2D eigenvalue weighted by atomic mass is 9.62. The summed E-state index contributed by atoms with van der Waals surface area (Å²) < 4.78 is 9.82. The van der Waals surface area contributed by atoms with E-state index in [2.05, 4.69) is 35.0 Å². The third-order valence-corrected chi connectivity index (χ3v) is 13.8. The lowest BCUT2D eigenvalue weighted by Gasteiger charge is -2.41. The van der Waals surface area contributed by atoms with E-state index in [0.717, 1.165) is 86.8 Å². The first-order valence-corrected chi connectivity index (χ1v) is 20.0. The Balaban J connectivity index is 1.13. The molecular formula is C38H46N12O3S. The molecule has 2 amide bonds. The summed E-state index contributed by atoms with van der Waals surface area (Å²) >= 11 is 1.55. The minimum absolute atomic E-state index is 0.112. The van der Waals surface area contributed by atoms with E-state index in [-0.39, 0.29) is 41.9 Å². The van der Waals surface area contributed by atoms with Crippen LogP contribution in [0.15, 0.2) is 12.4 Å². The number of ether oxygens (including phenoxy) is 1. The van der Waals surface area contributed by atoms with Gasteiger partial charge in [-0.1, -0.05) is 0 Å². The van der Waals surface area contributed by atoms with Gasteiger partial charge in [-0.15, -0.1) is 16.4 Å². The average Bonchev–Trinajstić information content (AvgIpc) is 4.01. The molecule has 2 unspecified atom stereocenters. The summed E-state index contributed by atoms with van der Waals surface area (Å²) in [5, 5.41) is 20.3. The lowest BCUT2D eigenvalue weighted by molar-refractivity contribution is -0.117. The quantitative estimate of drug-likeness (QED) is 0.307. The zero-order valence-electron chi connectivity index (χ0n) is 31.3. The fourth-order valence-electron chi connectivity index (χ4n) is 10.4. The van der Waals surface area contributed by atoms with E-state index < -0.39 is 5.54 Å². The van der Waals surface area contributed by atoms with Crippen molar-refractivity contribution >= 4 is 34.1 Å². The largest absolute Gasteiger partial charge is 0.459 e. The minimum atomic E-state index is -0.698. The van der Waals surface area contributed by atoms with Crippen molar-refractivity contribution in [2.24, 2.45) is 7.05 Å². The topological polar surface area (TPSA) is 177 Å². The Morgan fingerprint density at radius 2 is 1.93 bits per heavy atom. The normalized spacial score (nSPS) is 25.8. The number of anilines is 2. The van der Waals surface area contributed by atoms with Gasteiger partial charge in [-0.2, -0.15) is 25.0 Å². The number of nitrogens with zero attached hydrogens (tertiary/aromatic N) is 11. The second kappa shape index (κ2) is 12.9. The van der Waals surface area contributed by atoms with Gasteiger partial charge in [-0.3, -0.25) is 19.3 Å². The number of nitrogens with two attached hydrogens (primary N) is 1. The molecule has 4 aromatic heterocycles. The molecule has 4 atom stereocenters. The molecule has 4 aromatic rings. The van der Waals surface area contributed by atoms with E-state index in [0.29, 0.717) is 47.4 Å². The number of likely N-dealkylation sites (tertiary alicyclic amines) is 2. The van der Waals surface area contributed by atoms with Crippen LogP contribution < -0.4 is 15.4 Å². The lowest BCUT2D eigenvalue weighted by Crippen LogP contribution is -2.50. The highest BCUT2D eigenvalue weighted by Crippen LogP contribution is 2.55. The maximum absolute atomic E-state index is 14.1. The van der Waals surface area contributed by atoms with Crippen LogP contribution in [0.25, 0.3) is 11.4 Å². The average molecular weight is 751 g/mol. The number of fused-ring (bicyclic) bond motifs is 4. The highest BCUT2D eigenvalue weighted by atomic mass is 32.1. The number of hydrogen-bond donors (Lipinski definition) is 1. The number of nitriles is 1. The Morgan fingerprint density at radius 1 is 1.11 bits per heavy atom. The van der Waals surface area contributed by atoms with Crippen molar-refractivity contribution in [1.82, 2.24) is 44.3 Å². The van der Waals surface area contributed by atoms with Crippen molar-refractivity contribution in [3.8, 4) is 23.5 Å². The second-order valence-corrected chi connectivity index (χ2v) is 17.0. The Kier molecular flexibility index (Phi) is 8.31. The minimum Gasteiger partial charge on any atom is -0.459 e. The number of carbonyl (C=O) groups is 2. The number of carbonyl (C=O) groups excluding carboxylic acids is 2. The molecule has 3 fully saturated rings. The van der Waals surface area contributed by atoms with Gasteiger partial charge in [0.15, 0.2) is 0 Å². The number of amides is 2. The van der Waals surface area contributed by atoms with E-state index in [1.807, 2.05) is 17.8 Å². The number of thiophene rings is 1. The van der Waals surface area contributed by atoms with Gasteiger partial charge in [-0.05, 0) is 97.2 Å². The van der Waals surface area contributed by atoms with Gasteiger partial charge < -0.3 is 15.4 Å². The van der Waals surface area contributed by atoms with Crippen molar-refractivity contribution in [3.05, 3.63) is 45.5 Å². The predicted octanol–water partition coefficient (Wildman–Crippen LogP) is 4.35. The summed E-state index contributed by atoms with van der Waals surface area (Å²) in [4.78, 5) is 48.9. The molecule has 3 saturated heterocycles. The molecule has 5 aliphatic rings. The van der Waals surface area contributed by atoms with E-state index in [1.54, 1.807) is 28.1 Å².